The van der Waals surface area contributed by atoms with Crippen LogP contribution in [0, 0.1) is 5.92 Å². The van der Waals surface area contributed by atoms with E-state index in [1.807, 2.05) is 12.4 Å². The van der Waals surface area contributed by atoms with Crippen LogP contribution in [0.15, 0.2) is 36.7 Å². The van der Waals surface area contributed by atoms with Crippen LogP contribution in [0.25, 0.3) is 10.8 Å². The van der Waals surface area contributed by atoms with Crippen LogP contribution < -0.4 is 10.2 Å². The van der Waals surface area contributed by atoms with Crippen molar-refractivity contribution >= 4 is 16.5 Å². The van der Waals surface area contributed by atoms with Gasteiger partial charge in [-0.3, -0.25) is 4.98 Å². The Labute approximate surface area is 127 Å². The van der Waals surface area contributed by atoms with Gasteiger partial charge in [-0.1, -0.05) is 32.4 Å². The summed E-state index contributed by atoms with van der Waals surface area (Å²) in [7, 11) is 0. The third kappa shape index (κ3) is 3.03. The molecule has 112 valence electrons. The van der Waals surface area contributed by atoms with Gasteiger partial charge in [0, 0.05) is 48.0 Å². The largest absolute Gasteiger partial charge is 0.369 e. The minimum atomic E-state index is 0.578. The number of benzene rings is 1. The number of anilines is 1. The summed E-state index contributed by atoms with van der Waals surface area (Å²) in [5.74, 6) is 0.710. The minimum absolute atomic E-state index is 0.578. The van der Waals surface area contributed by atoms with Gasteiger partial charge in [0.1, 0.15) is 0 Å². The highest BCUT2D eigenvalue weighted by Gasteiger charge is 2.22. The average molecular weight is 283 g/mol. The Hall–Kier alpha value is -1.61. The van der Waals surface area contributed by atoms with Gasteiger partial charge in [-0.05, 0) is 31.0 Å². The van der Waals surface area contributed by atoms with Crippen molar-refractivity contribution in [2.75, 3.05) is 24.5 Å². The molecule has 0 bridgehead atoms. The van der Waals surface area contributed by atoms with Crippen LogP contribution in [0.1, 0.15) is 26.7 Å². The zero-order valence-electron chi connectivity index (χ0n) is 13.0. The van der Waals surface area contributed by atoms with Crippen LogP contribution in [0.3, 0.4) is 0 Å². The molecule has 1 aliphatic heterocycles. The number of rotatable bonds is 3. The summed E-state index contributed by atoms with van der Waals surface area (Å²) in [5.41, 5.74) is 1.35. The van der Waals surface area contributed by atoms with Crippen molar-refractivity contribution in [1.82, 2.24) is 10.3 Å². The molecule has 3 nitrogen and oxygen atoms in total. The molecule has 1 saturated heterocycles. The molecule has 1 aromatic heterocycles. The van der Waals surface area contributed by atoms with E-state index in [9.17, 15) is 0 Å². The summed E-state index contributed by atoms with van der Waals surface area (Å²) in [4.78, 5) is 6.80. The summed E-state index contributed by atoms with van der Waals surface area (Å²) < 4.78 is 0. The monoisotopic (exact) mass is 283 g/mol. The third-order valence-electron chi connectivity index (χ3n) is 4.76. The normalized spacial score (nSPS) is 21.2. The molecule has 3 rings (SSSR count). The van der Waals surface area contributed by atoms with Gasteiger partial charge in [0.25, 0.3) is 0 Å². The highest BCUT2D eigenvalue weighted by atomic mass is 15.2. The van der Waals surface area contributed by atoms with E-state index in [1.165, 1.54) is 29.3 Å². The van der Waals surface area contributed by atoms with Crippen LogP contribution in [-0.2, 0) is 0 Å². The van der Waals surface area contributed by atoms with E-state index in [-0.39, 0.29) is 0 Å². The molecule has 0 spiro atoms. The van der Waals surface area contributed by atoms with E-state index in [4.69, 9.17) is 0 Å². The molecule has 1 fully saturated rings. The lowest BCUT2D eigenvalue weighted by molar-refractivity contribution is 0.384. The van der Waals surface area contributed by atoms with Gasteiger partial charge in [0.05, 0.1) is 0 Å². The van der Waals surface area contributed by atoms with Crippen LogP contribution in [-0.4, -0.2) is 30.7 Å². The first kappa shape index (κ1) is 14.3. The van der Waals surface area contributed by atoms with Gasteiger partial charge in [0.2, 0.25) is 0 Å². The Morgan fingerprint density at radius 1 is 1.38 bits per heavy atom. The molecule has 1 aromatic carbocycles. The molecule has 2 aromatic rings. The fourth-order valence-electron chi connectivity index (χ4n) is 3.22. The van der Waals surface area contributed by atoms with Crippen LogP contribution >= 0.6 is 0 Å². The number of aromatic nitrogens is 1. The van der Waals surface area contributed by atoms with E-state index in [2.05, 4.69) is 53.3 Å². The van der Waals surface area contributed by atoms with Gasteiger partial charge in [0.15, 0.2) is 0 Å². The molecule has 0 amide bonds. The molecule has 1 aliphatic rings. The molecule has 3 heteroatoms. The number of hydrogen-bond acceptors (Lipinski definition) is 3. The summed E-state index contributed by atoms with van der Waals surface area (Å²) in [6.07, 6.45) is 6.29. The average Bonchev–Trinajstić information content (AvgIpc) is 2.79. The summed E-state index contributed by atoms with van der Waals surface area (Å²) in [5, 5.41) is 6.27. The van der Waals surface area contributed by atoms with E-state index >= 15 is 0 Å². The Kier molecular flexibility index (Phi) is 4.39. The quantitative estimate of drug-likeness (QED) is 0.935. The summed E-state index contributed by atoms with van der Waals surface area (Å²) >= 11 is 0. The highest BCUT2D eigenvalue weighted by molar-refractivity contribution is 5.93. The van der Waals surface area contributed by atoms with Crippen molar-refractivity contribution in [3.8, 4) is 0 Å². The van der Waals surface area contributed by atoms with Crippen molar-refractivity contribution in [1.29, 1.82) is 0 Å². The molecule has 2 atom stereocenters. The van der Waals surface area contributed by atoms with E-state index in [0.717, 1.165) is 19.6 Å². The predicted molar refractivity (Wildman–Crippen MR) is 89.8 cm³/mol. The second-order valence-electron chi connectivity index (χ2n) is 6.12. The SMILES string of the molecule is CCC(C)C1CN(c2cccc3cnccc23)CCCN1. The standard InChI is InChI=1S/C18H25N3/c1-3-14(2)17-13-21(11-5-9-20-17)18-7-4-6-15-12-19-10-8-16(15)18/h4,6-8,10,12,14,17,20H,3,5,9,11,13H2,1-2H3. The van der Waals surface area contributed by atoms with Crippen LogP contribution in [0.2, 0.25) is 0 Å². The third-order valence-corrected chi connectivity index (χ3v) is 4.76. The van der Waals surface area contributed by atoms with Crippen LogP contribution in [0.5, 0.6) is 0 Å². The maximum Gasteiger partial charge on any atom is 0.0447 e. The van der Waals surface area contributed by atoms with Gasteiger partial charge in [-0.15, -0.1) is 0 Å². The molecule has 2 heterocycles. The van der Waals surface area contributed by atoms with E-state index in [1.54, 1.807) is 0 Å². The number of fused-ring (bicyclic) bond motifs is 1. The fourth-order valence-corrected chi connectivity index (χ4v) is 3.22. The van der Waals surface area contributed by atoms with Gasteiger partial charge in [-0.2, -0.15) is 0 Å². The van der Waals surface area contributed by atoms with Gasteiger partial charge >= 0.3 is 0 Å². The van der Waals surface area contributed by atoms with Crippen LogP contribution in [0.4, 0.5) is 5.69 Å². The number of pyridine rings is 1. The zero-order chi connectivity index (χ0) is 14.7. The van der Waals surface area contributed by atoms with E-state index in [0.29, 0.717) is 12.0 Å². The maximum atomic E-state index is 4.24. The molecule has 2 unspecified atom stereocenters. The highest BCUT2D eigenvalue weighted by Crippen LogP contribution is 2.27. The lowest BCUT2D eigenvalue weighted by Gasteiger charge is -2.30. The van der Waals surface area contributed by atoms with Crippen molar-refractivity contribution in [2.24, 2.45) is 5.92 Å². The smallest absolute Gasteiger partial charge is 0.0447 e. The molecule has 1 N–H and O–H groups in total. The minimum Gasteiger partial charge on any atom is -0.369 e. The summed E-state index contributed by atoms with van der Waals surface area (Å²) in [6.45, 7) is 7.98. The maximum absolute atomic E-state index is 4.24. The first-order valence-corrected chi connectivity index (χ1v) is 8.10. The molecule has 0 saturated carbocycles. The number of nitrogens with one attached hydrogen (secondary N) is 1. The lowest BCUT2D eigenvalue weighted by Crippen LogP contribution is -2.42. The Morgan fingerprint density at radius 3 is 3.14 bits per heavy atom. The van der Waals surface area contributed by atoms with Gasteiger partial charge in [-0.25, -0.2) is 0 Å². The molecular weight excluding hydrogens is 258 g/mol. The lowest BCUT2D eigenvalue weighted by atomic mass is 9.98. The van der Waals surface area contributed by atoms with Crippen molar-refractivity contribution < 1.29 is 0 Å². The van der Waals surface area contributed by atoms with Crippen molar-refractivity contribution in [2.45, 2.75) is 32.7 Å². The molecule has 0 aliphatic carbocycles. The first-order chi connectivity index (χ1) is 10.3. The van der Waals surface area contributed by atoms with Crippen molar-refractivity contribution in [3.63, 3.8) is 0 Å². The fraction of sp³-hybridized carbons (Fsp3) is 0.500. The molecule has 0 radical (unpaired) electrons. The Balaban J connectivity index is 1.93. The predicted octanol–water partition coefficient (Wildman–Crippen LogP) is 3.45. The molecule has 21 heavy (non-hydrogen) atoms. The van der Waals surface area contributed by atoms with Gasteiger partial charge < -0.3 is 10.2 Å². The second-order valence-corrected chi connectivity index (χ2v) is 6.12. The molecular formula is C18H25N3. The first-order valence-electron chi connectivity index (χ1n) is 8.10. The Morgan fingerprint density at radius 2 is 2.29 bits per heavy atom. The number of hydrogen-bond donors (Lipinski definition) is 1. The van der Waals surface area contributed by atoms with Crippen molar-refractivity contribution in [3.05, 3.63) is 36.7 Å². The second kappa shape index (κ2) is 6.44. The zero-order valence-corrected chi connectivity index (χ0v) is 13.0. The van der Waals surface area contributed by atoms with E-state index < -0.39 is 0 Å². The summed E-state index contributed by atoms with van der Waals surface area (Å²) in [6, 6.07) is 9.27. The topological polar surface area (TPSA) is 28.2 Å². The Bertz CT molecular complexity index is 591. The number of nitrogens with zero attached hydrogens (tertiary/aromatic N) is 2.